The Morgan fingerprint density at radius 3 is 2.54 bits per heavy atom. The minimum atomic E-state index is -0.226. The zero-order chi connectivity index (χ0) is 17.5. The minimum absolute atomic E-state index is 0.216. The molecule has 0 spiro atoms. The smallest absolute Gasteiger partial charge is 0.315 e. The number of carbonyl (C=O) groups is 1. The van der Waals surface area contributed by atoms with Crippen molar-refractivity contribution in [2.45, 2.75) is 26.4 Å². The summed E-state index contributed by atoms with van der Waals surface area (Å²) in [5.74, 6) is 1.43. The van der Waals surface area contributed by atoms with E-state index in [4.69, 9.17) is 9.47 Å². The summed E-state index contributed by atoms with van der Waals surface area (Å²) in [6.07, 6.45) is 0. The molecule has 0 aliphatic heterocycles. The third-order valence-corrected chi connectivity index (χ3v) is 3.95. The average molecular weight is 328 g/mol. The van der Waals surface area contributed by atoms with E-state index in [9.17, 15) is 4.79 Å². The lowest BCUT2D eigenvalue weighted by Gasteiger charge is -2.19. The fourth-order valence-electron chi connectivity index (χ4n) is 2.49. The molecule has 1 unspecified atom stereocenters. The monoisotopic (exact) mass is 328 g/mol. The first kappa shape index (κ1) is 17.7. The van der Waals surface area contributed by atoms with E-state index in [0.29, 0.717) is 12.3 Å². The van der Waals surface area contributed by atoms with Crippen LogP contribution in [0.4, 0.5) is 4.79 Å². The maximum absolute atomic E-state index is 12.2. The maximum atomic E-state index is 12.2. The van der Waals surface area contributed by atoms with Gasteiger partial charge in [0.05, 0.1) is 20.3 Å². The molecule has 0 aliphatic rings. The summed E-state index contributed by atoms with van der Waals surface area (Å²) in [4.78, 5) is 12.2. The fraction of sp³-hybridized carbons (Fsp3) is 0.316. The number of benzene rings is 2. The molecule has 0 saturated heterocycles. The van der Waals surface area contributed by atoms with Crippen molar-refractivity contribution >= 4 is 6.03 Å². The van der Waals surface area contributed by atoms with Crippen LogP contribution in [0, 0.1) is 6.92 Å². The van der Waals surface area contributed by atoms with Gasteiger partial charge in [-0.15, -0.1) is 0 Å². The van der Waals surface area contributed by atoms with Gasteiger partial charge in [-0.05, 0) is 43.2 Å². The second-order valence-electron chi connectivity index (χ2n) is 5.58. The summed E-state index contributed by atoms with van der Waals surface area (Å²) in [5.41, 5.74) is 3.11. The van der Waals surface area contributed by atoms with Crippen molar-refractivity contribution < 1.29 is 14.3 Å². The SMILES string of the molecule is COc1ccc(OC)c(C(C)NC(=O)NCc2ccccc2C)c1. The minimum Gasteiger partial charge on any atom is -0.497 e. The lowest BCUT2D eigenvalue weighted by molar-refractivity contribution is 0.237. The molecule has 0 aromatic heterocycles. The van der Waals surface area contributed by atoms with Crippen LogP contribution in [-0.4, -0.2) is 20.3 Å². The molecule has 0 fully saturated rings. The van der Waals surface area contributed by atoms with Gasteiger partial charge in [-0.1, -0.05) is 24.3 Å². The van der Waals surface area contributed by atoms with Gasteiger partial charge in [0.15, 0.2) is 0 Å². The summed E-state index contributed by atoms with van der Waals surface area (Å²) >= 11 is 0. The highest BCUT2D eigenvalue weighted by Gasteiger charge is 2.15. The molecule has 5 heteroatoms. The number of carbonyl (C=O) groups excluding carboxylic acids is 1. The van der Waals surface area contributed by atoms with E-state index >= 15 is 0 Å². The largest absolute Gasteiger partial charge is 0.497 e. The van der Waals surface area contributed by atoms with E-state index in [1.54, 1.807) is 14.2 Å². The molecular formula is C19H24N2O3. The van der Waals surface area contributed by atoms with Crippen LogP contribution >= 0.6 is 0 Å². The van der Waals surface area contributed by atoms with E-state index in [2.05, 4.69) is 10.6 Å². The number of hydrogen-bond donors (Lipinski definition) is 2. The topological polar surface area (TPSA) is 59.6 Å². The second kappa shape index (κ2) is 8.24. The molecule has 128 valence electrons. The quantitative estimate of drug-likeness (QED) is 0.852. The standard InChI is InChI=1S/C19H24N2O3/c1-13-7-5-6-8-15(13)12-20-19(22)21-14(2)17-11-16(23-3)9-10-18(17)24-4/h5-11,14H,12H2,1-4H3,(H2,20,21,22). The van der Waals surface area contributed by atoms with Gasteiger partial charge in [0.2, 0.25) is 0 Å². The predicted octanol–water partition coefficient (Wildman–Crippen LogP) is 3.57. The molecule has 1 atom stereocenters. The summed E-state index contributed by atoms with van der Waals surface area (Å²) in [5, 5.41) is 5.81. The Kier molecular flexibility index (Phi) is 6.07. The van der Waals surface area contributed by atoms with E-state index in [1.165, 1.54) is 0 Å². The maximum Gasteiger partial charge on any atom is 0.315 e. The predicted molar refractivity (Wildman–Crippen MR) is 94.5 cm³/mol. The Labute approximate surface area is 143 Å². The van der Waals surface area contributed by atoms with Gasteiger partial charge in [0.25, 0.3) is 0 Å². The van der Waals surface area contributed by atoms with E-state index in [0.717, 1.165) is 22.4 Å². The molecule has 0 aliphatic carbocycles. The summed E-state index contributed by atoms with van der Waals surface area (Å²) in [6.45, 7) is 4.42. The number of hydrogen-bond acceptors (Lipinski definition) is 3. The van der Waals surface area contributed by atoms with Crippen molar-refractivity contribution in [3.8, 4) is 11.5 Å². The van der Waals surface area contributed by atoms with E-state index in [1.807, 2.05) is 56.3 Å². The molecule has 5 nitrogen and oxygen atoms in total. The van der Waals surface area contributed by atoms with Crippen molar-refractivity contribution in [3.63, 3.8) is 0 Å². The van der Waals surface area contributed by atoms with Gasteiger partial charge < -0.3 is 20.1 Å². The first-order valence-electron chi connectivity index (χ1n) is 7.86. The normalized spacial score (nSPS) is 11.5. The molecule has 0 bridgehead atoms. The molecule has 0 saturated carbocycles. The van der Waals surface area contributed by atoms with Crippen molar-refractivity contribution in [2.24, 2.45) is 0 Å². The molecule has 0 heterocycles. The highest BCUT2D eigenvalue weighted by atomic mass is 16.5. The number of urea groups is 1. The zero-order valence-corrected chi connectivity index (χ0v) is 14.6. The van der Waals surface area contributed by atoms with Crippen molar-refractivity contribution in [3.05, 3.63) is 59.2 Å². The van der Waals surface area contributed by atoms with Gasteiger partial charge in [-0.25, -0.2) is 4.79 Å². The number of rotatable bonds is 6. The number of aryl methyl sites for hydroxylation is 1. The molecule has 2 amide bonds. The van der Waals surface area contributed by atoms with Gasteiger partial charge in [-0.3, -0.25) is 0 Å². The number of amides is 2. The van der Waals surface area contributed by atoms with Gasteiger partial charge in [-0.2, -0.15) is 0 Å². The van der Waals surface area contributed by atoms with Gasteiger partial charge in [0.1, 0.15) is 11.5 Å². The number of nitrogens with one attached hydrogen (secondary N) is 2. The van der Waals surface area contributed by atoms with Crippen LogP contribution in [0.5, 0.6) is 11.5 Å². The Morgan fingerprint density at radius 2 is 1.88 bits per heavy atom. The van der Waals surface area contributed by atoms with Crippen LogP contribution in [0.25, 0.3) is 0 Å². The van der Waals surface area contributed by atoms with Crippen LogP contribution in [0.3, 0.4) is 0 Å². The molecule has 0 radical (unpaired) electrons. The van der Waals surface area contributed by atoms with Crippen LogP contribution in [0.15, 0.2) is 42.5 Å². The molecule has 2 N–H and O–H groups in total. The van der Waals surface area contributed by atoms with E-state index < -0.39 is 0 Å². The van der Waals surface area contributed by atoms with Crippen molar-refractivity contribution in [1.82, 2.24) is 10.6 Å². The first-order chi connectivity index (χ1) is 11.5. The summed E-state index contributed by atoms with van der Waals surface area (Å²) in [6, 6.07) is 13.1. The summed E-state index contributed by atoms with van der Waals surface area (Å²) < 4.78 is 10.6. The molecule has 2 aromatic rings. The molecule has 2 aromatic carbocycles. The highest BCUT2D eigenvalue weighted by Crippen LogP contribution is 2.29. The lowest BCUT2D eigenvalue weighted by Crippen LogP contribution is -2.36. The molecule has 24 heavy (non-hydrogen) atoms. The van der Waals surface area contributed by atoms with Gasteiger partial charge in [0, 0.05) is 12.1 Å². The Balaban J connectivity index is 2.00. The average Bonchev–Trinajstić information content (AvgIpc) is 2.60. The molecular weight excluding hydrogens is 304 g/mol. The zero-order valence-electron chi connectivity index (χ0n) is 14.6. The third kappa shape index (κ3) is 4.41. The second-order valence-corrected chi connectivity index (χ2v) is 5.58. The van der Waals surface area contributed by atoms with Crippen molar-refractivity contribution in [2.75, 3.05) is 14.2 Å². The lowest BCUT2D eigenvalue weighted by atomic mass is 10.1. The first-order valence-corrected chi connectivity index (χ1v) is 7.86. The summed E-state index contributed by atoms with van der Waals surface area (Å²) in [7, 11) is 3.22. The van der Waals surface area contributed by atoms with Gasteiger partial charge >= 0.3 is 6.03 Å². The Morgan fingerprint density at radius 1 is 1.12 bits per heavy atom. The van der Waals surface area contributed by atoms with Crippen LogP contribution in [-0.2, 0) is 6.54 Å². The van der Waals surface area contributed by atoms with Crippen LogP contribution in [0.2, 0.25) is 0 Å². The number of methoxy groups -OCH3 is 2. The third-order valence-electron chi connectivity index (χ3n) is 3.95. The molecule has 2 rings (SSSR count). The Bertz CT molecular complexity index is 701. The highest BCUT2D eigenvalue weighted by molar-refractivity contribution is 5.74. The van der Waals surface area contributed by atoms with Crippen LogP contribution in [0.1, 0.15) is 29.7 Å². The fourth-order valence-corrected chi connectivity index (χ4v) is 2.49. The van der Waals surface area contributed by atoms with Crippen LogP contribution < -0.4 is 20.1 Å². The Hall–Kier alpha value is -2.69. The number of ether oxygens (including phenoxy) is 2. The van der Waals surface area contributed by atoms with E-state index in [-0.39, 0.29) is 12.1 Å². The van der Waals surface area contributed by atoms with Crippen molar-refractivity contribution in [1.29, 1.82) is 0 Å².